The third-order valence-electron chi connectivity index (χ3n) is 4.05. The highest BCUT2D eigenvalue weighted by Gasteiger charge is 2.28. The van der Waals surface area contributed by atoms with Gasteiger partial charge in [0.25, 0.3) is 0 Å². The molecule has 0 aromatic carbocycles. The van der Waals surface area contributed by atoms with Gasteiger partial charge in [-0.25, -0.2) is 0 Å². The maximum Gasteiger partial charge on any atom is 0.324 e. The Morgan fingerprint density at radius 2 is 1.76 bits per heavy atom. The quantitative estimate of drug-likeness (QED) is 0.838. The number of aromatic nitrogens is 3. The molecule has 7 heteroatoms. The molecule has 3 rings (SSSR count). The molecule has 1 saturated carbocycles. The van der Waals surface area contributed by atoms with Crippen LogP contribution < -0.4 is 19.7 Å². The van der Waals surface area contributed by atoms with Gasteiger partial charge in [-0.3, -0.25) is 0 Å². The number of hydrogen-bond acceptors (Lipinski definition) is 7. The average Bonchev–Trinajstić information content (AvgIpc) is 3.37. The third kappa shape index (κ3) is 3.53. The van der Waals surface area contributed by atoms with E-state index < -0.39 is 0 Å². The molecular weight excluding hydrogens is 270 g/mol. The lowest BCUT2D eigenvalue weighted by Gasteiger charge is -2.36. The van der Waals surface area contributed by atoms with Gasteiger partial charge < -0.3 is 19.7 Å². The summed E-state index contributed by atoms with van der Waals surface area (Å²) in [5, 5.41) is 3.61. The number of hydrogen-bond donors (Lipinski definition) is 1. The van der Waals surface area contributed by atoms with Crippen LogP contribution in [0.25, 0.3) is 0 Å². The Kier molecular flexibility index (Phi) is 4.38. The summed E-state index contributed by atoms with van der Waals surface area (Å²) in [6, 6.07) is 1.75. The van der Waals surface area contributed by atoms with Crippen molar-refractivity contribution in [3.63, 3.8) is 0 Å². The fourth-order valence-corrected chi connectivity index (χ4v) is 2.71. The second-order valence-electron chi connectivity index (χ2n) is 5.63. The molecule has 2 heterocycles. The highest BCUT2D eigenvalue weighted by Crippen LogP contribution is 2.25. The minimum atomic E-state index is 0.302. The van der Waals surface area contributed by atoms with Crippen LogP contribution in [-0.4, -0.2) is 54.3 Å². The molecule has 116 valence electrons. The molecule has 1 saturated heterocycles. The van der Waals surface area contributed by atoms with Crippen LogP contribution in [0.4, 0.5) is 5.95 Å². The zero-order valence-electron chi connectivity index (χ0n) is 12.7. The Labute approximate surface area is 125 Å². The van der Waals surface area contributed by atoms with E-state index in [0.29, 0.717) is 24.0 Å². The first-order chi connectivity index (χ1) is 10.3. The highest BCUT2D eigenvalue weighted by molar-refractivity contribution is 5.35. The van der Waals surface area contributed by atoms with Crippen molar-refractivity contribution in [2.75, 3.05) is 32.2 Å². The van der Waals surface area contributed by atoms with Crippen molar-refractivity contribution in [2.45, 2.75) is 44.2 Å². The zero-order valence-corrected chi connectivity index (χ0v) is 12.7. The molecule has 0 amide bonds. The first kappa shape index (κ1) is 14.3. The maximum atomic E-state index is 5.15. The fourth-order valence-electron chi connectivity index (χ4n) is 2.71. The molecule has 0 bridgehead atoms. The van der Waals surface area contributed by atoms with Gasteiger partial charge in [0.2, 0.25) is 5.95 Å². The summed E-state index contributed by atoms with van der Waals surface area (Å²) in [5.41, 5.74) is 0. The minimum Gasteiger partial charge on any atom is -0.467 e. The summed E-state index contributed by atoms with van der Waals surface area (Å²) >= 11 is 0. The first-order valence-corrected chi connectivity index (χ1v) is 7.64. The Morgan fingerprint density at radius 1 is 1.05 bits per heavy atom. The predicted molar refractivity (Wildman–Crippen MR) is 78.9 cm³/mol. The molecule has 2 fully saturated rings. The van der Waals surface area contributed by atoms with Crippen LogP contribution in [0.3, 0.4) is 0 Å². The third-order valence-corrected chi connectivity index (χ3v) is 4.05. The normalized spacial score (nSPS) is 22.2. The van der Waals surface area contributed by atoms with Crippen molar-refractivity contribution in [1.82, 2.24) is 20.3 Å². The summed E-state index contributed by atoms with van der Waals surface area (Å²) < 4.78 is 10.3. The fraction of sp³-hybridized carbons (Fsp3) is 0.786. The Hall–Kier alpha value is -1.63. The monoisotopic (exact) mass is 293 g/mol. The van der Waals surface area contributed by atoms with Gasteiger partial charge >= 0.3 is 12.0 Å². The maximum absolute atomic E-state index is 5.15. The van der Waals surface area contributed by atoms with Gasteiger partial charge in [-0.1, -0.05) is 0 Å². The van der Waals surface area contributed by atoms with E-state index in [9.17, 15) is 0 Å². The Balaban J connectivity index is 1.77. The molecular formula is C14H23N5O2. The van der Waals surface area contributed by atoms with Crippen LogP contribution >= 0.6 is 0 Å². The molecule has 7 nitrogen and oxygen atoms in total. The van der Waals surface area contributed by atoms with Gasteiger partial charge in [-0.05, 0) is 32.1 Å². The summed E-state index contributed by atoms with van der Waals surface area (Å²) in [5.74, 6) is 0.654. The molecule has 1 aromatic rings. The topological polar surface area (TPSA) is 72.4 Å². The summed E-state index contributed by atoms with van der Waals surface area (Å²) in [4.78, 5) is 15.1. The van der Waals surface area contributed by atoms with Gasteiger partial charge in [0, 0.05) is 25.2 Å². The van der Waals surface area contributed by atoms with E-state index >= 15 is 0 Å². The number of nitrogens with zero attached hydrogens (tertiary/aromatic N) is 4. The van der Waals surface area contributed by atoms with Crippen LogP contribution in [0.5, 0.6) is 12.0 Å². The van der Waals surface area contributed by atoms with Crippen LogP contribution in [0.2, 0.25) is 0 Å². The highest BCUT2D eigenvalue weighted by atomic mass is 16.5. The molecule has 1 unspecified atom stereocenters. The lowest BCUT2D eigenvalue weighted by Crippen LogP contribution is -2.47. The smallest absolute Gasteiger partial charge is 0.324 e. The van der Waals surface area contributed by atoms with Crippen molar-refractivity contribution in [3.8, 4) is 12.0 Å². The Bertz CT molecular complexity index is 458. The minimum absolute atomic E-state index is 0.302. The van der Waals surface area contributed by atoms with E-state index in [1.165, 1.54) is 19.3 Å². The van der Waals surface area contributed by atoms with Gasteiger partial charge in [0.1, 0.15) is 0 Å². The molecule has 2 aliphatic rings. The van der Waals surface area contributed by atoms with Crippen LogP contribution in [-0.2, 0) is 0 Å². The molecule has 1 aliphatic heterocycles. The molecule has 21 heavy (non-hydrogen) atoms. The second-order valence-corrected chi connectivity index (χ2v) is 5.63. The predicted octanol–water partition coefficient (Wildman–Crippen LogP) is 1.000. The van der Waals surface area contributed by atoms with E-state index in [1.54, 1.807) is 14.2 Å². The largest absolute Gasteiger partial charge is 0.467 e. The molecule has 1 aliphatic carbocycles. The molecule has 0 spiro atoms. The van der Waals surface area contributed by atoms with Crippen LogP contribution in [0, 0.1) is 0 Å². The van der Waals surface area contributed by atoms with E-state index in [1.807, 2.05) is 0 Å². The van der Waals surface area contributed by atoms with Crippen molar-refractivity contribution < 1.29 is 9.47 Å². The van der Waals surface area contributed by atoms with Crippen molar-refractivity contribution in [1.29, 1.82) is 0 Å². The standard InChI is InChI=1S/C14H23N5O2/c1-20-13-16-12(17-14(18-13)21-2)19-8-4-3-5-11(19)9-15-10-6-7-10/h10-11,15H,3-9H2,1-2H3. The van der Waals surface area contributed by atoms with Crippen molar-refractivity contribution in [2.24, 2.45) is 0 Å². The number of rotatable bonds is 6. The van der Waals surface area contributed by atoms with Crippen LogP contribution in [0.15, 0.2) is 0 Å². The number of piperidine rings is 1. The lowest BCUT2D eigenvalue weighted by molar-refractivity contribution is 0.336. The van der Waals surface area contributed by atoms with E-state index in [0.717, 1.165) is 32.0 Å². The average molecular weight is 293 g/mol. The number of ether oxygens (including phenoxy) is 2. The van der Waals surface area contributed by atoms with E-state index in [4.69, 9.17) is 9.47 Å². The SMILES string of the molecule is COc1nc(OC)nc(N2CCCCC2CNC2CC2)n1. The lowest BCUT2D eigenvalue weighted by atomic mass is 10.0. The Morgan fingerprint density at radius 3 is 2.38 bits per heavy atom. The van der Waals surface area contributed by atoms with E-state index in [-0.39, 0.29) is 0 Å². The molecule has 1 aromatic heterocycles. The van der Waals surface area contributed by atoms with Gasteiger partial charge in [-0.2, -0.15) is 9.97 Å². The van der Waals surface area contributed by atoms with Crippen molar-refractivity contribution in [3.05, 3.63) is 0 Å². The second kappa shape index (κ2) is 6.43. The zero-order chi connectivity index (χ0) is 14.7. The van der Waals surface area contributed by atoms with Gasteiger partial charge in [0.05, 0.1) is 14.2 Å². The number of methoxy groups -OCH3 is 2. The van der Waals surface area contributed by atoms with Crippen molar-refractivity contribution >= 4 is 5.95 Å². The molecule has 0 radical (unpaired) electrons. The van der Waals surface area contributed by atoms with Gasteiger partial charge in [0.15, 0.2) is 0 Å². The van der Waals surface area contributed by atoms with Gasteiger partial charge in [-0.15, -0.1) is 4.98 Å². The first-order valence-electron chi connectivity index (χ1n) is 7.64. The summed E-state index contributed by atoms with van der Waals surface area (Å²) in [6.45, 7) is 1.95. The summed E-state index contributed by atoms with van der Waals surface area (Å²) in [6.07, 6.45) is 6.19. The summed E-state index contributed by atoms with van der Waals surface area (Å²) in [7, 11) is 3.11. The number of anilines is 1. The van der Waals surface area contributed by atoms with E-state index in [2.05, 4.69) is 25.2 Å². The van der Waals surface area contributed by atoms with Crippen LogP contribution in [0.1, 0.15) is 32.1 Å². The molecule has 1 N–H and O–H groups in total. The molecule has 1 atom stereocenters. The number of nitrogens with one attached hydrogen (secondary N) is 1.